The number of amides is 1. The van der Waals surface area contributed by atoms with Crippen LogP contribution in [0.15, 0.2) is 0 Å². The average Bonchev–Trinajstić information content (AvgIpc) is 2.64. The standard InChI is InChI=1S/C10H15F3N2O2/c11-10(12,13)9(1-2-14-6-9)8(17)15-3-7(4-15)5-16/h7,14,16H,1-6H2. The maximum absolute atomic E-state index is 13.0. The van der Waals surface area contributed by atoms with E-state index in [2.05, 4.69) is 5.32 Å². The summed E-state index contributed by atoms with van der Waals surface area (Å²) in [6.45, 7) is 0.250. The molecule has 7 heteroatoms. The lowest BCUT2D eigenvalue weighted by atomic mass is 9.82. The van der Waals surface area contributed by atoms with Gasteiger partial charge in [-0.1, -0.05) is 0 Å². The summed E-state index contributed by atoms with van der Waals surface area (Å²) >= 11 is 0. The number of carbonyl (C=O) groups excluding carboxylic acids is 1. The van der Waals surface area contributed by atoms with E-state index in [1.807, 2.05) is 0 Å². The molecule has 0 aliphatic carbocycles. The lowest BCUT2D eigenvalue weighted by Gasteiger charge is -2.43. The van der Waals surface area contributed by atoms with Gasteiger partial charge >= 0.3 is 6.18 Å². The Morgan fingerprint density at radius 1 is 1.47 bits per heavy atom. The highest BCUT2D eigenvalue weighted by molar-refractivity contribution is 5.85. The van der Waals surface area contributed by atoms with Gasteiger partial charge in [-0.3, -0.25) is 4.79 Å². The van der Waals surface area contributed by atoms with Gasteiger partial charge in [-0.05, 0) is 13.0 Å². The lowest BCUT2D eigenvalue weighted by Crippen LogP contribution is -2.60. The SMILES string of the molecule is O=C(N1CC(CO)C1)C1(C(F)(F)F)CCNC1. The molecule has 0 aromatic rings. The molecule has 0 bridgehead atoms. The van der Waals surface area contributed by atoms with E-state index in [-0.39, 0.29) is 45.1 Å². The Morgan fingerprint density at radius 2 is 2.12 bits per heavy atom. The number of hydrogen-bond acceptors (Lipinski definition) is 3. The number of aliphatic hydroxyl groups excluding tert-OH is 1. The summed E-state index contributed by atoms with van der Waals surface area (Å²) in [6, 6.07) is 0. The van der Waals surface area contributed by atoms with Crippen molar-refractivity contribution in [3.05, 3.63) is 0 Å². The molecule has 2 N–H and O–H groups in total. The highest BCUT2D eigenvalue weighted by atomic mass is 19.4. The van der Waals surface area contributed by atoms with Gasteiger partial charge in [0.1, 0.15) is 0 Å². The highest BCUT2D eigenvalue weighted by Crippen LogP contribution is 2.45. The Kier molecular flexibility index (Phi) is 3.07. The van der Waals surface area contributed by atoms with Gasteiger partial charge in [-0.2, -0.15) is 13.2 Å². The smallest absolute Gasteiger partial charge is 0.396 e. The number of hydrogen-bond donors (Lipinski definition) is 2. The first-order valence-corrected chi connectivity index (χ1v) is 5.58. The quantitative estimate of drug-likeness (QED) is 0.726. The highest BCUT2D eigenvalue weighted by Gasteiger charge is 2.63. The molecule has 0 aromatic carbocycles. The maximum Gasteiger partial charge on any atom is 0.404 e. The number of nitrogens with one attached hydrogen (secondary N) is 1. The van der Waals surface area contributed by atoms with Crippen LogP contribution < -0.4 is 5.32 Å². The first-order chi connectivity index (χ1) is 7.90. The van der Waals surface area contributed by atoms with E-state index in [1.165, 1.54) is 4.90 Å². The molecule has 1 atom stereocenters. The summed E-state index contributed by atoms with van der Waals surface area (Å²) in [5.41, 5.74) is -2.26. The third kappa shape index (κ3) is 1.91. The van der Waals surface area contributed by atoms with Crippen LogP contribution in [0.3, 0.4) is 0 Å². The Bertz CT molecular complexity index is 307. The molecule has 0 saturated carbocycles. The molecule has 2 aliphatic rings. The molecule has 0 spiro atoms. The molecule has 17 heavy (non-hydrogen) atoms. The number of carbonyl (C=O) groups is 1. The van der Waals surface area contributed by atoms with E-state index in [1.54, 1.807) is 0 Å². The second kappa shape index (κ2) is 4.13. The first kappa shape index (κ1) is 12.6. The zero-order chi connectivity index (χ0) is 12.7. The van der Waals surface area contributed by atoms with Crippen LogP contribution >= 0.6 is 0 Å². The van der Waals surface area contributed by atoms with Gasteiger partial charge in [-0.15, -0.1) is 0 Å². The van der Waals surface area contributed by atoms with Gasteiger partial charge in [0.15, 0.2) is 5.41 Å². The first-order valence-electron chi connectivity index (χ1n) is 5.58. The number of likely N-dealkylation sites (tertiary alicyclic amines) is 1. The minimum absolute atomic E-state index is 0.0707. The monoisotopic (exact) mass is 252 g/mol. The zero-order valence-electron chi connectivity index (χ0n) is 9.26. The van der Waals surface area contributed by atoms with E-state index < -0.39 is 17.5 Å². The fourth-order valence-corrected chi connectivity index (χ4v) is 2.39. The number of alkyl halides is 3. The summed E-state index contributed by atoms with van der Waals surface area (Å²) in [5.74, 6) is -0.918. The zero-order valence-corrected chi connectivity index (χ0v) is 9.26. The van der Waals surface area contributed by atoms with Crippen LogP contribution in [-0.4, -0.2) is 54.9 Å². The lowest BCUT2D eigenvalue weighted by molar-refractivity contribution is -0.224. The van der Waals surface area contributed by atoms with E-state index in [0.29, 0.717) is 0 Å². The Balaban J connectivity index is 2.10. The van der Waals surface area contributed by atoms with Crippen molar-refractivity contribution in [2.45, 2.75) is 12.6 Å². The normalized spacial score (nSPS) is 30.5. The minimum atomic E-state index is -4.52. The van der Waals surface area contributed by atoms with Crippen molar-refractivity contribution in [3.8, 4) is 0 Å². The molecule has 2 heterocycles. The van der Waals surface area contributed by atoms with Crippen molar-refractivity contribution in [3.63, 3.8) is 0 Å². The van der Waals surface area contributed by atoms with Gasteiger partial charge in [-0.25, -0.2) is 0 Å². The van der Waals surface area contributed by atoms with E-state index in [0.717, 1.165) is 0 Å². The second-order valence-corrected chi connectivity index (χ2v) is 4.77. The molecule has 1 amide bonds. The van der Waals surface area contributed by atoms with Crippen LogP contribution in [0.1, 0.15) is 6.42 Å². The van der Waals surface area contributed by atoms with Crippen LogP contribution in [0.2, 0.25) is 0 Å². The van der Waals surface area contributed by atoms with Crippen LogP contribution in [-0.2, 0) is 4.79 Å². The van der Waals surface area contributed by atoms with Crippen molar-refractivity contribution in [2.75, 3.05) is 32.8 Å². The van der Waals surface area contributed by atoms with Gasteiger partial charge in [0.25, 0.3) is 0 Å². The van der Waals surface area contributed by atoms with Crippen molar-refractivity contribution in [1.82, 2.24) is 10.2 Å². The Hall–Kier alpha value is -0.820. The third-order valence-electron chi connectivity index (χ3n) is 3.61. The minimum Gasteiger partial charge on any atom is -0.396 e. The summed E-state index contributed by atoms with van der Waals surface area (Å²) in [4.78, 5) is 13.1. The predicted molar refractivity (Wildman–Crippen MR) is 53.1 cm³/mol. The molecule has 1 unspecified atom stereocenters. The molecule has 2 aliphatic heterocycles. The predicted octanol–water partition coefficient (Wildman–Crippen LogP) is -0.0209. The fraction of sp³-hybridized carbons (Fsp3) is 0.900. The molecular formula is C10H15F3N2O2. The molecule has 0 radical (unpaired) electrons. The van der Waals surface area contributed by atoms with Crippen molar-refractivity contribution < 1.29 is 23.1 Å². The Morgan fingerprint density at radius 3 is 2.53 bits per heavy atom. The van der Waals surface area contributed by atoms with Crippen LogP contribution in [0.5, 0.6) is 0 Å². The summed E-state index contributed by atoms with van der Waals surface area (Å²) < 4.78 is 39.1. The van der Waals surface area contributed by atoms with Crippen molar-refractivity contribution in [2.24, 2.45) is 11.3 Å². The van der Waals surface area contributed by atoms with Crippen LogP contribution in [0.25, 0.3) is 0 Å². The molecular weight excluding hydrogens is 237 g/mol. The van der Waals surface area contributed by atoms with Gasteiger partial charge in [0.05, 0.1) is 0 Å². The molecule has 2 fully saturated rings. The number of aliphatic hydroxyl groups is 1. The van der Waals surface area contributed by atoms with Crippen molar-refractivity contribution in [1.29, 1.82) is 0 Å². The topological polar surface area (TPSA) is 52.6 Å². The average molecular weight is 252 g/mol. The second-order valence-electron chi connectivity index (χ2n) is 4.77. The summed E-state index contributed by atoms with van der Waals surface area (Å²) in [5, 5.41) is 11.4. The molecule has 2 saturated heterocycles. The largest absolute Gasteiger partial charge is 0.404 e. The van der Waals surface area contributed by atoms with Crippen LogP contribution in [0.4, 0.5) is 13.2 Å². The molecule has 98 valence electrons. The number of nitrogens with zero attached hydrogens (tertiary/aromatic N) is 1. The van der Waals surface area contributed by atoms with Gasteiger partial charge < -0.3 is 15.3 Å². The van der Waals surface area contributed by atoms with Gasteiger partial charge in [0.2, 0.25) is 5.91 Å². The Labute approximate surface area is 96.8 Å². The maximum atomic E-state index is 13.0. The van der Waals surface area contributed by atoms with E-state index >= 15 is 0 Å². The summed E-state index contributed by atoms with van der Waals surface area (Å²) in [7, 11) is 0. The van der Waals surface area contributed by atoms with E-state index in [4.69, 9.17) is 5.11 Å². The molecule has 4 nitrogen and oxygen atoms in total. The summed E-state index contributed by atoms with van der Waals surface area (Å²) in [6.07, 6.45) is -4.71. The van der Waals surface area contributed by atoms with E-state index in [9.17, 15) is 18.0 Å². The van der Waals surface area contributed by atoms with Gasteiger partial charge in [0, 0.05) is 32.2 Å². The van der Waals surface area contributed by atoms with Crippen LogP contribution in [0, 0.1) is 11.3 Å². The molecule has 2 rings (SSSR count). The fourth-order valence-electron chi connectivity index (χ4n) is 2.39. The number of halogens is 3. The number of rotatable bonds is 2. The third-order valence-corrected chi connectivity index (χ3v) is 3.61. The molecule has 0 aromatic heterocycles. The van der Waals surface area contributed by atoms with Crippen molar-refractivity contribution >= 4 is 5.91 Å².